The lowest BCUT2D eigenvalue weighted by molar-refractivity contribution is -0.142. The molecule has 4 rings (SSSR count). The van der Waals surface area contributed by atoms with Crippen LogP contribution in [0.4, 0.5) is 0 Å². The lowest BCUT2D eigenvalue weighted by atomic mass is 9.49. The fourth-order valence-corrected chi connectivity index (χ4v) is 5.72. The van der Waals surface area contributed by atoms with Crippen LogP contribution in [0.2, 0.25) is 0 Å². The zero-order chi connectivity index (χ0) is 17.7. The SMILES string of the molecule is CCCCCOC(=O)/C=C/C(=O)OCCC12CC3CC(CC(C3)C1)C2. The molecule has 0 spiro atoms. The molecule has 4 aliphatic rings. The zero-order valence-corrected chi connectivity index (χ0v) is 15.5. The molecule has 0 aromatic rings. The number of ether oxygens (including phenoxy) is 2. The number of carbonyl (C=O) groups excluding carboxylic acids is 2. The van der Waals surface area contributed by atoms with E-state index in [2.05, 4.69) is 6.92 Å². The quantitative estimate of drug-likeness (QED) is 0.351. The van der Waals surface area contributed by atoms with Gasteiger partial charge >= 0.3 is 11.9 Å². The molecular weight excluding hydrogens is 316 g/mol. The normalized spacial score (nSPS) is 32.9. The number of esters is 2. The van der Waals surface area contributed by atoms with Crippen LogP contribution < -0.4 is 0 Å². The Kier molecular flexibility index (Phi) is 6.19. The van der Waals surface area contributed by atoms with Gasteiger partial charge in [-0.3, -0.25) is 0 Å². The number of unbranched alkanes of at least 4 members (excludes halogenated alkanes) is 2. The molecule has 0 unspecified atom stereocenters. The van der Waals surface area contributed by atoms with Gasteiger partial charge in [0.05, 0.1) is 13.2 Å². The van der Waals surface area contributed by atoms with Crippen molar-refractivity contribution in [2.45, 2.75) is 71.1 Å². The summed E-state index contributed by atoms with van der Waals surface area (Å²) in [6.07, 6.45) is 14.6. The van der Waals surface area contributed by atoms with E-state index in [0.29, 0.717) is 18.6 Å². The van der Waals surface area contributed by atoms with Crippen molar-refractivity contribution in [2.75, 3.05) is 13.2 Å². The maximum atomic E-state index is 11.8. The molecule has 0 radical (unpaired) electrons. The van der Waals surface area contributed by atoms with E-state index in [-0.39, 0.29) is 0 Å². The maximum absolute atomic E-state index is 11.8. The van der Waals surface area contributed by atoms with Crippen LogP contribution >= 0.6 is 0 Å². The van der Waals surface area contributed by atoms with Gasteiger partial charge in [0.2, 0.25) is 0 Å². The van der Waals surface area contributed by atoms with Crippen molar-refractivity contribution in [2.24, 2.45) is 23.2 Å². The second-order valence-corrected chi connectivity index (χ2v) is 8.54. The molecule has 25 heavy (non-hydrogen) atoms. The Morgan fingerprint density at radius 2 is 1.40 bits per heavy atom. The maximum Gasteiger partial charge on any atom is 0.331 e. The topological polar surface area (TPSA) is 52.6 Å². The first kappa shape index (κ1) is 18.5. The highest BCUT2D eigenvalue weighted by Gasteiger charge is 2.50. The Morgan fingerprint density at radius 3 is 1.92 bits per heavy atom. The van der Waals surface area contributed by atoms with Crippen molar-refractivity contribution in [3.8, 4) is 0 Å². The van der Waals surface area contributed by atoms with E-state index in [9.17, 15) is 9.59 Å². The molecule has 4 aliphatic carbocycles. The first-order valence-corrected chi connectivity index (χ1v) is 10.1. The fraction of sp³-hybridized carbons (Fsp3) is 0.810. The lowest BCUT2D eigenvalue weighted by Crippen LogP contribution is -2.46. The van der Waals surface area contributed by atoms with Crippen LogP contribution in [-0.2, 0) is 19.1 Å². The summed E-state index contributed by atoms with van der Waals surface area (Å²) in [5, 5.41) is 0. The molecule has 0 heterocycles. The summed E-state index contributed by atoms with van der Waals surface area (Å²) in [6, 6.07) is 0. The number of hydrogen-bond donors (Lipinski definition) is 0. The first-order chi connectivity index (χ1) is 12.1. The highest BCUT2D eigenvalue weighted by atomic mass is 16.5. The van der Waals surface area contributed by atoms with Crippen LogP contribution in [-0.4, -0.2) is 25.2 Å². The summed E-state index contributed by atoms with van der Waals surface area (Å²) in [4.78, 5) is 23.3. The Bertz CT molecular complexity index is 473. The molecule has 4 nitrogen and oxygen atoms in total. The summed E-state index contributed by atoms with van der Waals surface area (Å²) in [5.41, 5.74) is 0.428. The van der Waals surface area contributed by atoms with Crippen molar-refractivity contribution in [3.63, 3.8) is 0 Å². The fourth-order valence-electron chi connectivity index (χ4n) is 5.72. The molecule has 0 N–H and O–H groups in total. The van der Waals surface area contributed by atoms with Gasteiger partial charge in [0.25, 0.3) is 0 Å². The second-order valence-electron chi connectivity index (χ2n) is 8.54. The van der Waals surface area contributed by atoms with Gasteiger partial charge < -0.3 is 9.47 Å². The van der Waals surface area contributed by atoms with Crippen molar-refractivity contribution >= 4 is 11.9 Å². The van der Waals surface area contributed by atoms with Gasteiger partial charge in [0.15, 0.2) is 0 Å². The molecule has 4 heteroatoms. The predicted octanol–water partition coefficient (Wildman–Crippen LogP) is 4.43. The average molecular weight is 348 g/mol. The van der Waals surface area contributed by atoms with E-state index in [4.69, 9.17) is 9.47 Å². The van der Waals surface area contributed by atoms with E-state index in [1.165, 1.54) is 50.7 Å². The van der Waals surface area contributed by atoms with Crippen LogP contribution in [0.5, 0.6) is 0 Å². The summed E-state index contributed by atoms with van der Waals surface area (Å²) >= 11 is 0. The van der Waals surface area contributed by atoms with Gasteiger partial charge in [-0.1, -0.05) is 19.8 Å². The zero-order valence-electron chi connectivity index (χ0n) is 15.5. The predicted molar refractivity (Wildman–Crippen MR) is 95.8 cm³/mol. The smallest absolute Gasteiger partial charge is 0.331 e. The molecule has 4 saturated carbocycles. The molecule has 0 aromatic heterocycles. The van der Waals surface area contributed by atoms with Gasteiger partial charge in [-0.25, -0.2) is 9.59 Å². The highest BCUT2D eigenvalue weighted by Crippen LogP contribution is 2.61. The van der Waals surface area contributed by atoms with Gasteiger partial charge in [0, 0.05) is 12.2 Å². The van der Waals surface area contributed by atoms with Crippen LogP contribution in [0.25, 0.3) is 0 Å². The minimum absolute atomic E-state index is 0.415. The summed E-state index contributed by atoms with van der Waals surface area (Å²) < 4.78 is 10.4. The van der Waals surface area contributed by atoms with Gasteiger partial charge in [-0.2, -0.15) is 0 Å². The van der Waals surface area contributed by atoms with Gasteiger partial charge in [0.1, 0.15) is 0 Å². The monoisotopic (exact) mass is 348 g/mol. The molecule has 0 amide bonds. The third-order valence-corrected chi connectivity index (χ3v) is 6.39. The molecule has 0 saturated heterocycles. The van der Waals surface area contributed by atoms with Gasteiger partial charge in [-0.15, -0.1) is 0 Å². The van der Waals surface area contributed by atoms with Crippen molar-refractivity contribution in [3.05, 3.63) is 12.2 Å². The molecule has 4 bridgehead atoms. The Hall–Kier alpha value is -1.32. The van der Waals surface area contributed by atoms with Crippen LogP contribution in [0.15, 0.2) is 12.2 Å². The minimum atomic E-state index is -0.464. The van der Waals surface area contributed by atoms with Crippen molar-refractivity contribution in [1.82, 2.24) is 0 Å². The summed E-state index contributed by atoms with van der Waals surface area (Å²) in [5.74, 6) is 1.86. The summed E-state index contributed by atoms with van der Waals surface area (Å²) in [7, 11) is 0. The molecule has 0 aromatic carbocycles. The van der Waals surface area contributed by atoms with Crippen molar-refractivity contribution < 1.29 is 19.1 Å². The van der Waals surface area contributed by atoms with Crippen LogP contribution in [0.3, 0.4) is 0 Å². The standard InChI is InChI=1S/C21H32O4/c1-2-3-4-8-24-19(22)5-6-20(23)25-9-7-21-13-16-10-17(14-21)12-18(11-16)15-21/h5-6,16-18H,2-4,7-15H2,1H3/b6-5+. The average Bonchev–Trinajstić information content (AvgIpc) is 2.55. The number of rotatable bonds is 9. The number of hydrogen-bond acceptors (Lipinski definition) is 4. The molecule has 0 aliphatic heterocycles. The Labute approximate surface area is 151 Å². The van der Waals surface area contributed by atoms with Gasteiger partial charge in [-0.05, 0) is 74.5 Å². The van der Waals surface area contributed by atoms with E-state index in [0.717, 1.165) is 43.4 Å². The lowest BCUT2D eigenvalue weighted by Gasteiger charge is -2.57. The van der Waals surface area contributed by atoms with E-state index in [1.807, 2.05) is 0 Å². The first-order valence-electron chi connectivity index (χ1n) is 10.1. The second kappa shape index (κ2) is 8.37. The number of carbonyl (C=O) groups is 2. The Balaban J connectivity index is 1.34. The molecular formula is C21H32O4. The highest BCUT2D eigenvalue weighted by molar-refractivity contribution is 5.91. The van der Waals surface area contributed by atoms with Crippen molar-refractivity contribution in [1.29, 1.82) is 0 Å². The molecule has 0 atom stereocenters. The van der Waals surface area contributed by atoms with Crippen LogP contribution in [0.1, 0.15) is 71.1 Å². The minimum Gasteiger partial charge on any atom is -0.463 e. The van der Waals surface area contributed by atoms with E-state index < -0.39 is 11.9 Å². The third kappa shape index (κ3) is 5.08. The van der Waals surface area contributed by atoms with E-state index in [1.54, 1.807) is 0 Å². The molecule has 4 fully saturated rings. The Morgan fingerprint density at radius 1 is 0.880 bits per heavy atom. The largest absolute Gasteiger partial charge is 0.463 e. The summed E-state index contributed by atoms with van der Waals surface area (Å²) in [6.45, 7) is 2.99. The van der Waals surface area contributed by atoms with E-state index >= 15 is 0 Å². The van der Waals surface area contributed by atoms with Crippen LogP contribution in [0, 0.1) is 23.2 Å². The third-order valence-electron chi connectivity index (χ3n) is 6.39. The molecule has 140 valence electrons.